The molecule has 0 aliphatic heterocycles. The van der Waals surface area contributed by atoms with Crippen LogP contribution in [0.3, 0.4) is 0 Å². The van der Waals surface area contributed by atoms with Crippen LogP contribution >= 0.6 is 0 Å². The Hall–Kier alpha value is -1.35. The molecule has 0 radical (unpaired) electrons. The average Bonchev–Trinajstić information content (AvgIpc) is 2.58. The number of aryl methyl sites for hydroxylation is 2. The number of nitrogens with zero attached hydrogens (tertiary/aromatic N) is 1. The number of fused-ring (bicyclic) bond motifs is 1. The van der Waals surface area contributed by atoms with E-state index in [1.807, 2.05) is 25.1 Å². The van der Waals surface area contributed by atoms with E-state index in [0.717, 1.165) is 36.3 Å². The Labute approximate surface area is 95.7 Å². The van der Waals surface area contributed by atoms with Crippen molar-refractivity contribution in [2.24, 2.45) is 5.73 Å². The Kier molecular flexibility index (Phi) is 3.25. The molecule has 1 heterocycles. The fraction of sp³-hybridized carbons (Fsp3) is 0.462. The molecule has 2 aromatic rings. The lowest BCUT2D eigenvalue weighted by atomic mass is 10.1. The molecule has 1 unspecified atom stereocenters. The van der Waals surface area contributed by atoms with Gasteiger partial charge in [-0.1, -0.05) is 6.07 Å². The summed E-state index contributed by atoms with van der Waals surface area (Å²) in [5.74, 6) is 0.821. The summed E-state index contributed by atoms with van der Waals surface area (Å²) in [6.07, 6.45) is 2.91. The summed E-state index contributed by atoms with van der Waals surface area (Å²) < 4.78 is 5.65. The highest BCUT2D eigenvalue weighted by atomic mass is 16.3. The van der Waals surface area contributed by atoms with Crippen LogP contribution in [0.25, 0.3) is 11.1 Å². The summed E-state index contributed by atoms with van der Waals surface area (Å²) in [4.78, 5) is 4.46. The van der Waals surface area contributed by atoms with E-state index in [0.29, 0.717) is 0 Å². The predicted octanol–water partition coefficient (Wildman–Crippen LogP) is 2.81. The molecule has 0 aliphatic rings. The molecule has 0 aliphatic carbocycles. The molecule has 2 N–H and O–H groups in total. The Bertz CT molecular complexity index is 474. The number of rotatable bonds is 4. The predicted molar refractivity (Wildman–Crippen MR) is 65.3 cm³/mol. The first-order chi connectivity index (χ1) is 7.65. The van der Waals surface area contributed by atoms with Gasteiger partial charge in [0.1, 0.15) is 5.52 Å². The molecule has 3 nitrogen and oxygen atoms in total. The van der Waals surface area contributed by atoms with Crippen LogP contribution in [0.1, 0.15) is 31.2 Å². The molecule has 16 heavy (non-hydrogen) atoms. The van der Waals surface area contributed by atoms with Gasteiger partial charge in [-0.15, -0.1) is 0 Å². The molecule has 0 fully saturated rings. The zero-order valence-electron chi connectivity index (χ0n) is 9.86. The van der Waals surface area contributed by atoms with E-state index in [4.69, 9.17) is 10.2 Å². The fourth-order valence-electron chi connectivity index (χ4n) is 1.77. The first-order valence-electron chi connectivity index (χ1n) is 5.77. The fourth-order valence-corrected chi connectivity index (χ4v) is 1.77. The number of hydrogen-bond donors (Lipinski definition) is 1. The van der Waals surface area contributed by atoms with Gasteiger partial charge in [-0.05, 0) is 44.4 Å². The van der Waals surface area contributed by atoms with Gasteiger partial charge in [0.15, 0.2) is 11.5 Å². The Morgan fingerprint density at radius 2 is 2.25 bits per heavy atom. The Morgan fingerprint density at radius 1 is 1.44 bits per heavy atom. The van der Waals surface area contributed by atoms with Gasteiger partial charge >= 0.3 is 0 Å². The van der Waals surface area contributed by atoms with Crippen molar-refractivity contribution in [2.75, 3.05) is 0 Å². The highest BCUT2D eigenvalue weighted by Gasteiger charge is 2.05. The molecule has 1 atom stereocenters. The maximum atomic E-state index is 5.70. The van der Waals surface area contributed by atoms with E-state index in [9.17, 15) is 0 Å². The van der Waals surface area contributed by atoms with Crippen LogP contribution in [0.15, 0.2) is 22.6 Å². The summed E-state index contributed by atoms with van der Waals surface area (Å²) in [5.41, 5.74) is 8.74. The summed E-state index contributed by atoms with van der Waals surface area (Å²) in [7, 11) is 0. The normalized spacial score (nSPS) is 13.2. The van der Waals surface area contributed by atoms with Crippen LogP contribution in [0.2, 0.25) is 0 Å². The molecule has 86 valence electrons. The Morgan fingerprint density at radius 3 is 3.00 bits per heavy atom. The zero-order chi connectivity index (χ0) is 11.5. The smallest absolute Gasteiger partial charge is 0.195 e. The third-order valence-electron chi connectivity index (χ3n) is 2.64. The SMILES string of the molecule is Cc1ccc2oc(CCCC(C)N)nc2c1. The largest absolute Gasteiger partial charge is 0.441 e. The number of aromatic nitrogens is 1. The van der Waals surface area contributed by atoms with Crippen LogP contribution in [-0.4, -0.2) is 11.0 Å². The van der Waals surface area contributed by atoms with Crippen molar-refractivity contribution in [1.29, 1.82) is 0 Å². The lowest BCUT2D eigenvalue weighted by Crippen LogP contribution is -2.14. The monoisotopic (exact) mass is 218 g/mol. The minimum atomic E-state index is 0.256. The summed E-state index contributed by atoms with van der Waals surface area (Å²) in [5, 5.41) is 0. The number of nitrogens with two attached hydrogens (primary N) is 1. The minimum Gasteiger partial charge on any atom is -0.441 e. The highest BCUT2D eigenvalue weighted by molar-refractivity contribution is 5.73. The van der Waals surface area contributed by atoms with Crippen molar-refractivity contribution < 1.29 is 4.42 Å². The summed E-state index contributed by atoms with van der Waals surface area (Å²) in [6.45, 7) is 4.08. The number of benzene rings is 1. The first kappa shape index (κ1) is 11.1. The van der Waals surface area contributed by atoms with Crippen molar-refractivity contribution in [3.8, 4) is 0 Å². The second kappa shape index (κ2) is 4.66. The molecule has 2 rings (SSSR count). The van der Waals surface area contributed by atoms with Crippen LogP contribution < -0.4 is 5.73 Å². The lowest BCUT2D eigenvalue weighted by molar-refractivity contribution is 0.503. The molecular weight excluding hydrogens is 200 g/mol. The van der Waals surface area contributed by atoms with Gasteiger partial charge in [-0.2, -0.15) is 0 Å². The summed E-state index contributed by atoms with van der Waals surface area (Å²) >= 11 is 0. The van der Waals surface area contributed by atoms with Gasteiger partial charge in [-0.25, -0.2) is 4.98 Å². The lowest BCUT2D eigenvalue weighted by Gasteiger charge is -2.01. The standard InChI is InChI=1S/C13H18N2O/c1-9-6-7-12-11(8-9)15-13(16-12)5-3-4-10(2)14/h6-8,10H,3-5,14H2,1-2H3. The van der Waals surface area contributed by atoms with Crippen molar-refractivity contribution in [2.45, 2.75) is 39.2 Å². The molecule has 3 heteroatoms. The van der Waals surface area contributed by atoms with Crippen LogP contribution in [0.4, 0.5) is 0 Å². The third kappa shape index (κ3) is 2.61. The molecule has 0 saturated carbocycles. The van der Waals surface area contributed by atoms with Gasteiger partial charge in [0.05, 0.1) is 0 Å². The van der Waals surface area contributed by atoms with Gasteiger partial charge < -0.3 is 10.2 Å². The molecule has 1 aromatic carbocycles. The maximum absolute atomic E-state index is 5.70. The van der Waals surface area contributed by atoms with E-state index >= 15 is 0 Å². The van der Waals surface area contributed by atoms with Crippen LogP contribution in [0, 0.1) is 6.92 Å². The molecule has 0 amide bonds. The molecular formula is C13H18N2O. The third-order valence-corrected chi connectivity index (χ3v) is 2.64. The van der Waals surface area contributed by atoms with E-state index in [2.05, 4.69) is 11.9 Å². The van der Waals surface area contributed by atoms with E-state index < -0.39 is 0 Å². The van der Waals surface area contributed by atoms with Crippen LogP contribution in [0.5, 0.6) is 0 Å². The summed E-state index contributed by atoms with van der Waals surface area (Å²) in [6, 6.07) is 6.33. The maximum Gasteiger partial charge on any atom is 0.195 e. The van der Waals surface area contributed by atoms with Gasteiger partial charge in [0.25, 0.3) is 0 Å². The van der Waals surface area contributed by atoms with Crippen molar-refractivity contribution >= 4 is 11.1 Å². The zero-order valence-corrected chi connectivity index (χ0v) is 9.86. The second-order valence-corrected chi connectivity index (χ2v) is 4.45. The molecule has 0 bridgehead atoms. The first-order valence-corrected chi connectivity index (χ1v) is 5.77. The highest BCUT2D eigenvalue weighted by Crippen LogP contribution is 2.18. The molecule has 0 saturated heterocycles. The van der Waals surface area contributed by atoms with Crippen molar-refractivity contribution in [1.82, 2.24) is 4.98 Å². The van der Waals surface area contributed by atoms with Crippen LogP contribution in [-0.2, 0) is 6.42 Å². The van der Waals surface area contributed by atoms with E-state index in [1.165, 1.54) is 5.56 Å². The van der Waals surface area contributed by atoms with Gasteiger partial charge in [0, 0.05) is 12.5 Å². The topological polar surface area (TPSA) is 52.0 Å². The second-order valence-electron chi connectivity index (χ2n) is 4.45. The molecule has 1 aromatic heterocycles. The minimum absolute atomic E-state index is 0.256. The van der Waals surface area contributed by atoms with Crippen molar-refractivity contribution in [3.63, 3.8) is 0 Å². The molecule has 0 spiro atoms. The number of oxazole rings is 1. The van der Waals surface area contributed by atoms with E-state index in [1.54, 1.807) is 0 Å². The average molecular weight is 218 g/mol. The van der Waals surface area contributed by atoms with Crippen molar-refractivity contribution in [3.05, 3.63) is 29.7 Å². The van der Waals surface area contributed by atoms with Gasteiger partial charge in [-0.3, -0.25) is 0 Å². The van der Waals surface area contributed by atoms with E-state index in [-0.39, 0.29) is 6.04 Å². The Balaban J connectivity index is 2.08. The van der Waals surface area contributed by atoms with Gasteiger partial charge in [0.2, 0.25) is 0 Å². The quantitative estimate of drug-likeness (QED) is 0.858. The number of hydrogen-bond acceptors (Lipinski definition) is 3.